The number of benzene rings is 2. The molecule has 2 aromatic carbocycles. The molecule has 0 bridgehead atoms. The molecule has 2 aromatic heterocycles. The lowest BCUT2D eigenvalue weighted by Gasteiger charge is -2.11. The monoisotopic (exact) mass is 486 g/mol. The summed E-state index contributed by atoms with van der Waals surface area (Å²) in [6, 6.07) is 10.4. The van der Waals surface area contributed by atoms with E-state index in [1.54, 1.807) is 29.6 Å². The number of nitrogen functional groups attached to an aromatic ring is 1. The van der Waals surface area contributed by atoms with Crippen LogP contribution in [-0.2, 0) is 12.7 Å². The minimum atomic E-state index is -4.51. The van der Waals surface area contributed by atoms with Gasteiger partial charge in [0.15, 0.2) is 0 Å². The fourth-order valence-electron chi connectivity index (χ4n) is 3.15. The minimum Gasteiger partial charge on any atom is -0.383 e. The van der Waals surface area contributed by atoms with Gasteiger partial charge in [-0.2, -0.15) is 13.2 Å². The van der Waals surface area contributed by atoms with Crippen LogP contribution in [0.5, 0.6) is 0 Å². The molecule has 3 amide bonds. The number of nitrogens with two attached hydrogens (primary N) is 1. The SMILES string of the molecule is Nc1ncnc2scc(C(=O)Nc3cccc(CNC(=O)Nc4cccc(C(F)(F)F)c4)c3)c12. The van der Waals surface area contributed by atoms with E-state index in [-0.39, 0.29) is 24.0 Å². The Morgan fingerprint density at radius 3 is 2.50 bits per heavy atom. The van der Waals surface area contributed by atoms with Crippen LogP contribution in [0.1, 0.15) is 21.5 Å². The van der Waals surface area contributed by atoms with Crippen molar-refractivity contribution in [2.45, 2.75) is 12.7 Å². The van der Waals surface area contributed by atoms with Gasteiger partial charge >= 0.3 is 12.2 Å². The van der Waals surface area contributed by atoms with E-state index in [1.807, 2.05) is 0 Å². The fourth-order valence-corrected chi connectivity index (χ4v) is 4.05. The van der Waals surface area contributed by atoms with E-state index in [2.05, 4.69) is 25.9 Å². The third-order valence-corrected chi connectivity index (χ3v) is 5.62. The Kier molecular flexibility index (Phi) is 6.32. The largest absolute Gasteiger partial charge is 0.416 e. The van der Waals surface area contributed by atoms with Crippen LogP contribution in [0.2, 0.25) is 0 Å². The van der Waals surface area contributed by atoms with E-state index in [4.69, 9.17) is 5.73 Å². The van der Waals surface area contributed by atoms with Crippen LogP contribution in [0.3, 0.4) is 0 Å². The first-order chi connectivity index (χ1) is 16.2. The smallest absolute Gasteiger partial charge is 0.383 e. The van der Waals surface area contributed by atoms with E-state index >= 15 is 0 Å². The molecule has 0 saturated heterocycles. The van der Waals surface area contributed by atoms with Crippen molar-refractivity contribution in [1.29, 1.82) is 0 Å². The molecule has 2 heterocycles. The van der Waals surface area contributed by atoms with Crippen molar-refractivity contribution in [1.82, 2.24) is 15.3 Å². The van der Waals surface area contributed by atoms with Crippen molar-refractivity contribution in [2.24, 2.45) is 0 Å². The van der Waals surface area contributed by atoms with Crippen LogP contribution in [0.15, 0.2) is 60.2 Å². The van der Waals surface area contributed by atoms with Gasteiger partial charge in [0.1, 0.15) is 17.0 Å². The molecule has 34 heavy (non-hydrogen) atoms. The van der Waals surface area contributed by atoms with Crippen LogP contribution in [0.25, 0.3) is 10.2 Å². The molecule has 0 atom stereocenters. The van der Waals surface area contributed by atoms with Gasteiger partial charge in [0, 0.05) is 23.3 Å². The molecular weight excluding hydrogens is 469 g/mol. The van der Waals surface area contributed by atoms with Crippen LogP contribution >= 0.6 is 11.3 Å². The van der Waals surface area contributed by atoms with Crippen molar-refractivity contribution in [3.8, 4) is 0 Å². The number of urea groups is 1. The highest BCUT2D eigenvalue weighted by Crippen LogP contribution is 2.31. The molecule has 0 saturated carbocycles. The summed E-state index contributed by atoms with van der Waals surface area (Å²) in [6.07, 6.45) is -3.18. The number of carbonyl (C=O) groups excluding carboxylic acids is 2. The highest BCUT2D eigenvalue weighted by Gasteiger charge is 2.30. The van der Waals surface area contributed by atoms with Crippen molar-refractivity contribution in [2.75, 3.05) is 16.4 Å². The van der Waals surface area contributed by atoms with Gasteiger partial charge in [-0.05, 0) is 35.9 Å². The van der Waals surface area contributed by atoms with Gasteiger partial charge in [-0.25, -0.2) is 14.8 Å². The number of nitrogens with zero attached hydrogens (tertiary/aromatic N) is 2. The number of nitrogens with one attached hydrogen (secondary N) is 3. The molecule has 0 aliphatic carbocycles. The molecule has 12 heteroatoms. The number of rotatable bonds is 5. The lowest BCUT2D eigenvalue weighted by atomic mass is 10.1. The average Bonchev–Trinajstić information content (AvgIpc) is 3.23. The molecule has 174 valence electrons. The number of aromatic nitrogens is 2. The summed E-state index contributed by atoms with van der Waals surface area (Å²) in [7, 11) is 0. The molecule has 8 nitrogen and oxygen atoms in total. The van der Waals surface area contributed by atoms with Gasteiger partial charge < -0.3 is 21.7 Å². The first-order valence-corrected chi connectivity index (χ1v) is 10.7. The highest BCUT2D eigenvalue weighted by atomic mass is 32.1. The van der Waals surface area contributed by atoms with Crippen LogP contribution in [0, 0.1) is 0 Å². The van der Waals surface area contributed by atoms with Gasteiger partial charge in [-0.1, -0.05) is 18.2 Å². The predicted octanol–water partition coefficient (Wildman–Crippen LogP) is 4.87. The van der Waals surface area contributed by atoms with E-state index in [0.717, 1.165) is 12.1 Å². The molecule has 4 rings (SSSR count). The molecule has 0 unspecified atom stereocenters. The Morgan fingerprint density at radius 2 is 1.74 bits per heavy atom. The molecule has 0 fully saturated rings. The van der Waals surface area contributed by atoms with Crippen molar-refractivity contribution in [3.05, 3.63) is 76.9 Å². The standard InChI is InChI=1S/C22H17F3N6O2S/c23-22(24,25)13-4-2-6-15(8-13)31-21(33)27-9-12-3-1-5-14(7-12)30-19(32)16-10-34-20-17(16)18(26)28-11-29-20/h1-8,10-11H,9H2,(H,30,32)(H2,26,28,29)(H2,27,31,33). The van der Waals surface area contributed by atoms with Gasteiger partial charge in [0.05, 0.1) is 16.5 Å². The Hall–Kier alpha value is -4.19. The second kappa shape index (κ2) is 9.35. The maximum Gasteiger partial charge on any atom is 0.416 e. The topological polar surface area (TPSA) is 122 Å². The van der Waals surface area contributed by atoms with Gasteiger partial charge in [0.25, 0.3) is 5.91 Å². The third-order valence-electron chi connectivity index (χ3n) is 4.73. The highest BCUT2D eigenvalue weighted by molar-refractivity contribution is 7.17. The number of hydrogen-bond donors (Lipinski definition) is 4. The van der Waals surface area contributed by atoms with Gasteiger partial charge in [-0.15, -0.1) is 11.3 Å². The number of halogens is 3. The number of alkyl halides is 3. The van der Waals surface area contributed by atoms with E-state index in [1.165, 1.54) is 29.8 Å². The van der Waals surface area contributed by atoms with Crippen LogP contribution in [0.4, 0.5) is 35.2 Å². The summed E-state index contributed by atoms with van der Waals surface area (Å²) in [6.45, 7) is 0.0800. The van der Waals surface area contributed by atoms with Crippen LogP contribution in [-0.4, -0.2) is 21.9 Å². The second-order valence-corrected chi connectivity index (χ2v) is 7.99. The molecule has 0 aliphatic rings. The molecule has 0 spiro atoms. The maximum atomic E-state index is 12.8. The van der Waals surface area contributed by atoms with E-state index < -0.39 is 17.8 Å². The quantitative estimate of drug-likeness (QED) is 0.321. The number of hydrogen-bond acceptors (Lipinski definition) is 6. The van der Waals surface area contributed by atoms with E-state index in [0.29, 0.717) is 27.0 Å². The summed E-state index contributed by atoms with van der Waals surface area (Å²) in [5, 5.41) is 9.84. The zero-order chi connectivity index (χ0) is 24.3. The van der Waals surface area contributed by atoms with Crippen LogP contribution < -0.4 is 21.7 Å². The zero-order valence-electron chi connectivity index (χ0n) is 17.3. The Bertz CT molecular complexity index is 1370. The summed E-state index contributed by atoms with van der Waals surface area (Å²) < 4.78 is 38.5. The molecule has 0 aliphatic heterocycles. The Balaban J connectivity index is 1.38. The number of anilines is 3. The fraction of sp³-hybridized carbons (Fsp3) is 0.0909. The lowest BCUT2D eigenvalue weighted by molar-refractivity contribution is -0.137. The predicted molar refractivity (Wildman–Crippen MR) is 124 cm³/mol. The normalized spacial score (nSPS) is 11.3. The average molecular weight is 486 g/mol. The van der Waals surface area contributed by atoms with Crippen molar-refractivity contribution >= 4 is 50.7 Å². The Labute approximate surface area is 195 Å². The van der Waals surface area contributed by atoms with E-state index in [9.17, 15) is 22.8 Å². The number of carbonyl (C=O) groups is 2. The number of thiophene rings is 1. The molecular formula is C22H17F3N6O2S. The van der Waals surface area contributed by atoms with Crippen molar-refractivity contribution in [3.63, 3.8) is 0 Å². The number of fused-ring (bicyclic) bond motifs is 1. The third kappa shape index (κ3) is 5.23. The summed E-state index contributed by atoms with van der Waals surface area (Å²) in [5.41, 5.74) is 6.53. The maximum absolute atomic E-state index is 12.8. The summed E-state index contributed by atoms with van der Waals surface area (Å²) in [4.78, 5) is 33.5. The van der Waals surface area contributed by atoms with Gasteiger partial charge in [0.2, 0.25) is 0 Å². The van der Waals surface area contributed by atoms with Crippen molar-refractivity contribution < 1.29 is 22.8 Å². The Morgan fingerprint density at radius 1 is 1.00 bits per heavy atom. The first-order valence-electron chi connectivity index (χ1n) is 9.81. The first kappa shape index (κ1) is 23.0. The lowest BCUT2D eigenvalue weighted by Crippen LogP contribution is -2.28. The molecule has 4 aromatic rings. The van der Waals surface area contributed by atoms with Gasteiger partial charge in [-0.3, -0.25) is 4.79 Å². The summed E-state index contributed by atoms with van der Waals surface area (Å²) >= 11 is 1.28. The minimum absolute atomic E-state index is 0.0135. The molecule has 5 N–H and O–H groups in total. The zero-order valence-corrected chi connectivity index (χ0v) is 18.1. The summed E-state index contributed by atoms with van der Waals surface area (Å²) in [5.74, 6) is -0.179. The number of amides is 3. The molecule has 0 radical (unpaired) electrons. The second-order valence-electron chi connectivity index (χ2n) is 7.13.